The van der Waals surface area contributed by atoms with Crippen molar-refractivity contribution in [3.05, 3.63) is 0 Å². The molecule has 0 radical (unpaired) electrons. The third kappa shape index (κ3) is 3.19. The number of methoxy groups -OCH3 is 1. The Kier molecular flexibility index (Phi) is 4.14. The summed E-state index contributed by atoms with van der Waals surface area (Å²) < 4.78 is 4.95. The third-order valence-corrected chi connectivity index (χ3v) is 3.18. The summed E-state index contributed by atoms with van der Waals surface area (Å²) in [6, 6.07) is 0.242. The number of nitrogen functional groups attached to an aromatic ring is 1. The number of nitrogens with one attached hydrogen (secondary N) is 1. The highest BCUT2D eigenvalue weighted by molar-refractivity contribution is 5.32. The van der Waals surface area contributed by atoms with E-state index in [0.29, 0.717) is 11.9 Å². The topological polar surface area (TPSA) is 89.2 Å². The van der Waals surface area contributed by atoms with Gasteiger partial charge in [0.25, 0.3) is 0 Å². The van der Waals surface area contributed by atoms with Gasteiger partial charge in [0.05, 0.1) is 7.11 Å². The quantitative estimate of drug-likeness (QED) is 0.774. The van der Waals surface area contributed by atoms with Crippen LogP contribution in [0.4, 0.5) is 11.9 Å². The highest BCUT2D eigenvalue weighted by Gasteiger charge is 2.21. The molecule has 0 spiro atoms. The van der Waals surface area contributed by atoms with Crippen molar-refractivity contribution >= 4 is 11.9 Å². The monoisotopic (exact) mass is 252 g/mol. The lowest BCUT2D eigenvalue weighted by molar-refractivity contribution is 0.344. The van der Waals surface area contributed by atoms with Crippen molar-refractivity contribution in [3.63, 3.8) is 0 Å². The van der Waals surface area contributed by atoms with Crippen LogP contribution in [0.15, 0.2) is 0 Å². The summed E-state index contributed by atoms with van der Waals surface area (Å²) in [5.41, 5.74) is 5.57. The zero-order valence-corrected chi connectivity index (χ0v) is 10.9. The van der Waals surface area contributed by atoms with Crippen LogP contribution in [0, 0.1) is 5.92 Å². The Morgan fingerprint density at radius 3 is 2.94 bits per heavy atom. The largest absolute Gasteiger partial charge is 0.467 e. The minimum atomic E-state index is 0.172. The summed E-state index contributed by atoms with van der Waals surface area (Å²) in [6.45, 7) is 6.45. The van der Waals surface area contributed by atoms with E-state index in [-0.39, 0.29) is 12.0 Å². The summed E-state index contributed by atoms with van der Waals surface area (Å²) in [6.07, 6.45) is 1.21. The molecule has 0 amide bonds. The molecule has 1 fully saturated rings. The molecule has 1 aromatic heterocycles. The number of nitrogens with two attached hydrogens (primary N) is 1. The fraction of sp³-hybridized carbons (Fsp3) is 0.727. The van der Waals surface area contributed by atoms with Gasteiger partial charge < -0.3 is 20.7 Å². The van der Waals surface area contributed by atoms with Crippen molar-refractivity contribution in [1.82, 2.24) is 19.9 Å². The summed E-state index contributed by atoms with van der Waals surface area (Å²) >= 11 is 0. The Labute approximate surface area is 107 Å². The maximum absolute atomic E-state index is 5.57. The summed E-state index contributed by atoms with van der Waals surface area (Å²) in [5, 5.41) is 3.20. The fourth-order valence-corrected chi connectivity index (χ4v) is 2.14. The van der Waals surface area contributed by atoms with Crippen LogP contribution in [0.3, 0.4) is 0 Å². The molecule has 1 aliphatic heterocycles. The molecule has 1 atom stereocenters. The molecule has 3 N–H and O–H groups in total. The Morgan fingerprint density at radius 1 is 1.44 bits per heavy atom. The SMILES string of the molecule is CCN1CCC(CNc2nc(N)nc(OC)n2)C1. The summed E-state index contributed by atoms with van der Waals surface area (Å²) in [7, 11) is 1.51. The first-order chi connectivity index (χ1) is 8.71. The number of ether oxygens (including phenoxy) is 1. The van der Waals surface area contributed by atoms with Gasteiger partial charge in [0.1, 0.15) is 0 Å². The second kappa shape index (κ2) is 5.81. The molecule has 7 nitrogen and oxygen atoms in total. The van der Waals surface area contributed by atoms with E-state index in [0.717, 1.165) is 19.6 Å². The number of nitrogens with zero attached hydrogens (tertiary/aromatic N) is 4. The smallest absolute Gasteiger partial charge is 0.322 e. The Balaban J connectivity index is 1.88. The lowest BCUT2D eigenvalue weighted by Crippen LogP contribution is -2.23. The van der Waals surface area contributed by atoms with Gasteiger partial charge in [0.15, 0.2) is 0 Å². The van der Waals surface area contributed by atoms with Crippen molar-refractivity contribution in [3.8, 4) is 6.01 Å². The molecule has 0 saturated carbocycles. The minimum absolute atomic E-state index is 0.172. The number of likely N-dealkylation sites (tertiary alicyclic amines) is 1. The normalized spacial score (nSPS) is 20.0. The molecule has 18 heavy (non-hydrogen) atoms. The fourth-order valence-electron chi connectivity index (χ4n) is 2.14. The Bertz CT molecular complexity index is 399. The lowest BCUT2D eigenvalue weighted by Gasteiger charge is -2.13. The van der Waals surface area contributed by atoms with Gasteiger partial charge in [-0.05, 0) is 25.4 Å². The predicted molar refractivity (Wildman–Crippen MR) is 69.5 cm³/mol. The van der Waals surface area contributed by atoms with Crippen molar-refractivity contribution in [1.29, 1.82) is 0 Å². The molecule has 1 aromatic rings. The standard InChI is InChI=1S/C11H20N6O/c1-3-17-5-4-8(7-17)6-13-10-14-9(12)15-11(16-10)18-2/h8H,3-7H2,1-2H3,(H3,12,13,14,15,16). The maximum Gasteiger partial charge on any atom is 0.322 e. The van der Waals surface area contributed by atoms with Crippen molar-refractivity contribution in [2.75, 3.05) is 44.3 Å². The molecule has 1 unspecified atom stereocenters. The first-order valence-electron chi connectivity index (χ1n) is 6.23. The molecule has 2 heterocycles. The number of hydrogen-bond donors (Lipinski definition) is 2. The molecular weight excluding hydrogens is 232 g/mol. The minimum Gasteiger partial charge on any atom is -0.467 e. The number of rotatable bonds is 5. The molecule has 100 valence electrons. The molecule has 0 aromatic carbocycles. The molecule has 7 heteroatoms. The van der Waals surface area contributed by atoms with Crippen LogP contribution >= 0.6 is 0 Å². The van der Waals surface area contributed by atoms with Crippen LogP contribution in [-0.2, 0) is 0 Å². The number of anilines is 2. The van der Waals surface area contributed by atoms with Gasteiger partial charge in [-0.2, -0.15) is 15.0 Å². The number of aromatic nitrogens is 3. The highest BCUT2D eigenvalue weighted by atomic mass is 16.5. The van der Waals surface area contributed by atoms with E-state index in [1.54, 1.807) is 0 Å². The zero-order valence-electron chi connectivity index (χ0n) is 10.9. The Hall–Kier alpha value is -1.63. The van der Waals surface area contributed by atoms with Gasteiger partial charge in [-0.15, -0.1) is 0 Å². The van der Waals surface area contributed by atoms with E-state index in [1.807, 2.05) is 0 Å². The van der Waals surface area contributed by atoms with Gasteiger partial charge in [0, 0.05) is 13.1 Å². The van der Waals surface area contributed by atoms with Crippen molar-refractivity contribution in [2.24, 2.45) is 5.92 Å². The van der Waals surface area contributed by atoms with Gasteiger partial charge in [0.2, 0.25) is 11.9 Å². The Morgan fingerprint density at radius 2 is 2.28 bits per heavy atom. The van der Waals surface area contributed by atoms with E-state index < -0.39 is 0 Å². The van der Waals surface area contributed by atoms with E-state index >= 15 is 0 Å². The second-order valence-electron chi connectivity index (χ2n) is 4.43. The lowest BCUT2D eigenvalue weighted by atomic mass is 10.1. The van der Waals surface area contributed by atoms with Gasteiger partial charge >= 0.3 is 6.01 Å². The van der Waals surface area contributed by atoms with Crippen LogP contribution in [0.25, 0.3) is 0 Å². The van der Waals surface area contributed by atoms with Crippen LogP contribution in [0.5, 0.6) is 6.01 Å². The zero-order chi connectivity index (χ0) is 13.0. The van der Waals surface area contributed by atoms with Crippen LogP contribution in [-0.4, -0.2) is 53.1 Å². The molecule has 1 saturated heterocycles. The number of hydrogen-bond acceptors (Lipinski definition) is 7. The van der Waals surface area contributed by atoms with Crippen LogP contribution < -0.4 is 15.8 Å². The van der Waals surface area contributed by atoms with E-state index in [1.165, 1.54) is 20.1 Å². The van der Waals surface area contributed by atoms with Gasteiger partial charge in [-0.1, -0.05) is 6.92 Å². The molecular formula is C11H20N6O. The summed E-state index contributed by atoms with van der Waals surface area (Å²) in [5.74, 6) is 1.29. The predicted octanol–water partition coefficient (Wildman–Crippen LogP) is 0.216. The van der Waals surface area contributed by atoms with E-state index in [2.05, 4.69) is 32.1 Å². The highest BCUT2D eigenvalue weighted by Crippen LogP contribution is 2.16. The van der Waals surface area contributed by atoms with Crippen LogP contribution in [0.1, 0.15) is 13.3 Å². The van der Waals surface area contributed by atoms with E-state index in [4.69, 9.17) is 10.5 Å². The first-order valence-corrected chi connectivity index (χ1v) is 6.23. The molecule has 0 aliphatic carbocycles. The maximum atomic E-state index is 5.57. The molecule has 1 aliphatic rings. The average molecular weight is 252 g/mol. The average Bonchev–Trinajstić information content (AvgIpc) is 2.83. The second-order valence-corrected chi connectivity index (χ2v) is 4.43. The van der Waals surface area contributed by atoms with E-state index in [9.17, 15) is 0 Å². The first kappa shape index (κ1) is 12.8. The summed E-state index contributed by atoms with van der Waals surface area (Å²) in [4.78, 5) is 14.4. The van der Waals surface area contributed by atoms with Gasteiger partial charge in [-0.3, -0.25) is 0 Å². The van der Waals surface area contributed by atoms with Crippen LogP contribution in [0.2, 0.25) is 0 Å². The van der Waals surface area contributed by atoms with Gasteiger partial charge in [-0.25, -0.2) is 0 Å². The molecule has 2 rings (SSSR count). The van der Waals surface area contributed by atoms with Crippen molar-refractivity contribution in [2.45, 2.75) is 13.3 Å². The van der Waals surface area contributed by atoms with Crippen molar-refractivity contribution < 1.29 is 4.74 Å². The third-order valence-electron chi connectivity index (χ3n) is 3.18. The molecule has 0 bridgehead atoms.